The summed E-state index contributed by atoms with van der Waals surface area (Å²) in [6.45, 7) is 0.620. The minimum absolute atomic E-state index is 0.0890. The van der Waals surface area contributed by atoms with E-state index in [1.807, 2.05) is 0 Å². The van der Waals surface area contributed by atoms with E-state index in [2.05, 4.69) is 6.07 Å². The molecule has 1 aliphatic rings. The van der Waals surface area contributed by atoms with Crippen molar-refractivity contribution in [3.05, 3.63) is 35.4 Å². The number of hydrogen-bond donors (Lipinski definition) is 1. The number of halogens is 3. The maximum Gasteiger partial charge on any atom is 0.416 e. The summed E-state index contributed by atoms with van der Waals surface area (Å²) in [5.41, 5.74) is -1.57. The third kappa shape index (κ3) is 2.79. The van der Waals surface area contributed by atoms with Gasteiger partial charge in [-0.2, -0.15) is 18.4 Å². The number of ether oxygens (including phenoxy) is 1. The summed E-state index contributed by atoms with van der Waals surface area (Å²) in [5, 5.41) is 19.6. The zero-order valence-corrected chi connectivity index (χ0v) is 10.7. The van der Waals surface area contributed by atoms with E-state index in [1.54, 1.807) is 0 Å². The summed E-state index contributed by atoms with van der Waals surface area (Å²) < 4.78 is 42.7. The van der Waals surface area contributed by atoms with Gasteiger partial charge in [-0.15, -0.1) is 0 Å². The average molecular weight is 285 g/mol. The van der Waals surface area contributed by atoms with E-state index in [0.717, 1.165) is 12.1 Å². The van der Waals surface area contributed by atoms with Crippen LogP contribution in [0.25, 0.3) is 0 Å². The number of aliphatic hydroxyl groups is 1. The van der Waals surface area contributed by atoms with E-state index in [4.69, 9.17) is 4.74 Å². The molecule has 0 saturated carbocycles. The highest BCUT2D eigenvalue weighted by atomic mass is 19.4. The highest BCUT2D eigenvalue weighted by Gasteiger charge is 2.41. The third-order valence-electron chi connectivity index (χ3n) is 3.57. The van der Waals surface area contributed by atoms with Crippen molar-refractivity contribution in [2.24, 2.45) is 5.41 Å². The molecule has 2 atom stereocenters. The van der Waals surface area contributed by atoms with Crippen LogP contribution in [0.4, 0.5) is 13.2 Å². The van der Waals surface area contributed by atoms with E-state index in [-0.39, 0.29) is 6.61 Å². The fourth-order valence-corrected chi connectivity index (χ4v) is 2.35. The molecule has 1 fully saturated rings. The van der Waals surface area contributed by atoms with Crippen LogP contribution in [-0.4, -0.2) is 18.3 Å². The number of rotatable bonds is 2. The molecule has 0 aliphatic carbocycles. The zero-order valence-electron chi connectivity index (χ0n) is 10.7. The smallest absolute Gasteiger partial charge is 0.387 e. The molecule has 0 radical (unpaired) electrons. The Morgan fingerprint density at radius 2 is 1.95 bits per heavy atom. The molecule has 0 aromatic heterocycles. The van der Waals surface area contributed by atoms with Crippen molar-refractivity contribution in [3.63, 3.8) is 0 Å². The Hall–Kier alpha value is -1.58. The van der Waals surface area contributed by atoms with Crippen LogP contribution in [0.2, 0.25) is 0 Å². The van der Waals surface area contributed by atoms with E-state index < -0.39 is 23.3 Å². The molecule has 1 heterocycles. The highest BCUT2D eigenvalue weighted by Crippen LogP contribution is 2.41. The molecule has 108 valence electrons. The lowest BCUT2D eigenvalue weighted by molar-refractivity contribution is -0.137. The van der Waals surface area contributed by atoms with Crippen molar-refractivity contribution in [2.45, 2.75) is 25.1 Å². The molecule has 1 aromatic rings. The molecule has 1 aliphatic heterocycles. The molecule has 1 N–H and O–H groups in total. The summed E-state index contributed by atoms with van der Waals surface area (Å²) in [7, 11) is 0. The molecule has 2 rings (SSSR count). The van der Waals surface area contributed by atoms with Crippen LogP contribution in [0.5, 0.6) is 0 Å². The lowest BCUT2D eigenvalue weighted by Gasteiger charge is -2.35. The van der Waals surface area contributed by atoms with Crippen LogP contribution in [0.3, 0.4) is 0 Å². The van der Waals surface area contributed by atoms with Crippen molar-refractivity contribution >= 4 is 0 Å². The second-order valence-corrected chi connectivity index (χ2v) is 4.95. The van der Waals surface area contributed by atoms with Crippen molar-refractivity contribution in [1.82, 2.24) is 0 Å². The number of hydrogen-bond acceptors (Lipinski definition) is 3. The molecular weight excluding hydrogens is 271 g/mol. The lowest BCUT2D eigenvalue weighted by atomic mass is 9.76. The SMILES string of the molecule is N#CC1(C(O)c2ccc(C(F)(F)F)cc2)CCCOC1. The summed E-state index contributed by atoms with van der Waals surface area (Å²) >= 11 is 0. The maximum absolute atomic E-state index is 12.5. The minimum Gasteiger partial charge on any atom is -0.387 e. The first kappa shape index (κ1) is 14.8. The Balaban J connectivity index is 2.24. The van der Waals surface area contributed by atoms with Crippen molar-refractivity contribution < 1.29 is 23.0 Å². The standard InChI is InChI=1S/C14H14F3NO2/c15-14(16,17)11-4-2-10(3-5-11)12(19)13(8-18)6-1-7-20-9-13/h2-5,12,19H,1,6-7,9H2. The van der Waals surface area contributed by atoms with Gasteiger partial charge in [-0.3, -0.25) is 0 Å². The number of nitrogens with zero attached hydrogens (tertiary/aromatic N) is 1. The second kappa shape index (κ2) is 5.43. The molecule has 2 unspecified atom stereocenters. The van der Waals surface area contributed by atoms with Crippen LogP contribution in [0.15, 0.2) is 24.3 Å². The second-order valence-electron chi connectivity index (χ2n) is 4.95. The van der Waals surface area contributed by atoms with E-state index in [9.17, 15) is 23.5 Å². The maximum atomic E-state index is 12.5. The van der Waals surface area contributed by atoms with Crippen LogP contribution < -0.4 is 0 Å². The summed E-state index contributed by atoms with van der Waals surface area (Å²) in [4.78, 5) is 0. The molecule has 0 spiro atoms. The van der Waals surface area contributed by atoms with E-state index in [0.29, 0.717) is 25.0 Å². The number of nitriles is 1. The quantitative estimate of drug-likeness (QED) is 0.908. The van der Waals surface area contributed by atoms with Gasteiger partial charge in [0.15, 0.2) is 0 Å². The normalized spacial score (nSPS) is 24.9. The van der Waals surface area contributed by atoms with Crippen LogP contribution in [0, 0.1) is 16.7 Å². The van der Waals surface area contributed by atoms with Gasteiger partial charge in [-0.25, -0.2) is 0 Å². The van der Waals surface area contributed by atoms with Gasteiger partial charge in [0, 0.05) is 6.61 Å². The van der Waals surface area contributed by atoms with Crippen LogP contribution in [0.1, 0.15) is 30.1 Å². The Bertz CT molecular complexity index is 499. The van der Waals surface area contributed by atoms with Gasteiger partial charge in [0.2, 0.25) is 0 Å². The molecule has 1 saturated heterocycles. The third-order valence-corrected chi connectivity index (χ3v) is 3.57. The molecule has 3 nitrogen and oxygen atoms in total. The molecular formula is C14H14F3NO2. The lowest BCUT2D eigenvalue weighted by Crippen LogP contribution is -2.36. The Kier molecular flexibility index (Phi) is 4.02. The Labute approximate surface area is 114 Å². The van der Waals surface area contributed by atoms with Gasteiger partial charge in [0.25, 0.3) is 0 Å². The van der Waals surface area contributed by atoms with Gasteiger partial charge < -0.3 is 9.84 Å². The predicted octanol–water partition coefficient (Wildman–Crippen LogP) is 3.06. The number of aliphatic hydroxyl groups excluding tert-OH is 1. The first-order valence-corrected chi connectivity index (χ1v) is 6.23. The molecule has 1 aromatic carbocycles. The van der Waals surface area contributed by atoms with Crippen LogP contribution >= 0.6 is 0 Å². The van der Waals surface area contributed by atoms with Gasteiger partial charge in [-0.05, 0) is 30.5 Å². The van der Waals surface area contributed by atoms with Crippen molar-refractivity contribution in [1.29, 1.82) is 5.26 Å². The average Bonchev–Trinajstić information content (AvgIpc) is 2.46. The summed E-state index contributed by atoms with van der Waals surface area (Å²) in [6.07, 6.45) is -4.46. The largest absolute Gasteiger partial charge is 0.416 e. The topological polar surface area (TPSA) is 53.2 Å². The predicted molar refractivity (Wildman–Crippen MR) is 64.5 cm³/mol. The molecule has 20 heavy (non-hydrogen) atoms. The van der Waals surface area contributed by atoms with Gasteiger partial charge in [0.1, 0.15) is 5.41 Å². The highest BCUT2D eigenvalue weighted by molar-refractivity contribution is 5.29. The minimum atomic E-state index is -4.41. The number of alkyl halides is 3. The van der Waals surface area contributed by atoms with Crippen molar-refractivity contribution in [2.75, 3.05) is 13.2 Å². The first-order valence-electron chi connectivity index (χ1n) is 6.23. The molecule has 0 bridgehead atoms. The zero-order chi connectivity index (χ0) is 14.8. The molecule has 6 heteroatoms. The Morgan fingerprint density at radius 1 is 1.30 bits per heavy atom. The summed E-state index contributed by atoms with van der Waals surface area (Å²) in [6, 6.07) is 6.30. The summed E-state index contributed by atoms with van der Waals surface area (Å²) in [5.74, 6) is 0. The van der Waals surface area contributed by atoms with Crippen LogP contribution in [-0.2, 0) is 10.9 Å². The monoisotopic (exact) mass is 285 g/mol. The van der Waals surface area contributed by atoms with Gasteiger partial charge in [-0.1, -0.05) is 12.1 Å². The fourth-order valence-electron chi connectivity index (χ4n) is 2.35. The first-order chi connectivity index (χ1) is 9.39. The van der Waals surface area contributed by atoms with Gasteiger partial charge >= 0.3 is 6.18 Å². The van der Waals surface area contributed by atoms with E-state index >= 15 is 0 Å². The fraction of sp³-hybridized carbons (Fsp3) is 0.500. The number of benzene rings is 1. The Morgan fingerprint density at radius 3 is 2.40 bits per heavy atom. The van der Waals surface area contributed by atoms with Crippen molar-refractivity contribution in [3.8, 4) is 6.07 Å². The molecule has 0 amide bonds. The van der Waals surface area contributed by atoms with E-state index in [1.165, 1.54) is 12.1 Å². The van der Waals surface area contributed by atoms with Gasteiger partial charge in [0.05, 0.1) is 24.3 Å².